The number of benzene rings is 1. The maximum Gasteiger partial charge on any atom is 0.291 e. The number of anilines is 2. The fourth-order valence-corrected chi connectivity index (χ4v) is 2.82. The van der Waals surface area contributed by atoms with Crippen molar-refractivity contribution in [3.8, 4) is 0 Å². The number of nitrogens with two attached hydrogens (primary N) is 1. The van der Waals surface area contributed by atoms with Crippen LogP contribution in [0.3, 0.4) is 0 Å². The lowest BCUT2D eigenvalue weighted by atomic mass is 10.1. The second-order valence-corrected chi connectivity index (χ2v) is 6.06. The molecule has 11 heteroatoms. The molecule has 25 heavy (non-hydrogen) atoms. The molecule has 2 heterocycles. The highest BCUT2D eigenvalue weighted by Gasteiger charge is 2.35. The maximum absolute atomic E-state index is 12.5. The summed E-state index contributed by atoms with van der Waals surface area (Å²) in [6.07, 6.45) is -2.77. The van der Waals surface area contributed by atoms with Gasteiger partial charge in [0.1, 0.15) is 11.8 Å². The number of halogens is 2. The van der Waals surface area contributed by atoms with Crippen molar-refractivity contribution in [3.63, 3.8) is 0 Å². The largest absolute Gasteiger partial charge is 0.368 e. The zero-order valence-electron chi connectivity index (χ0n) is 12.6. The van der Waals surface area contributed by atoms with Crippen LogP contribution in [0, 0.1) is 0 Å². The Labute approximate surface area is 144 Å². The lowest BCUT2D eigenvalue weighted by molar-refractivity contribution is -0.119. The highest BCUT2D eigenvalue weighted by atomic mass is 32.1. The third kappa shape index (κ3) is 3.60. The number of rotatable bonds is 5. The lowest BCUT2D eigenvalue weighted by Gasteiger charge is -2.20. The van der Waals surface area contributed by atoms with Crippen molar-refractivity contribution in [2.75, 3.05) is 10.3 Å². The highest BCUT2D eigenvalue weighted by Crippen LogP contribution is 2.27. The number of hydrogen-bond acceptors (Lipinski definition) is 7. The lowest BCUT2D eigenvalue weighted by Crippen LogP contribution is -2.39. The molecular weight excluding hydrogens is 354 g/mol. The molecule has 0 radical (unpaired) electrons. The molecule has 3 rings (SSSR count). The van der Waals surface area contributed by atoms with Gasteiger partial charge < -0.3 is 5.73 Å². The van der Waals surface area contributed by atoms with Crippen LogP contribution in [0.15, 0.2) is 35.4 Å². The van der Waals surface area contributed by atoms with E-state index in [1.54, 1.807) is 30.3 Å². The van der Waals surface area contributed by atoms with Crippen LogP contribution >= 0.6 is 11.3 Å². The fourth-order valence-electron chi connectivity index (χ4n) is 2.23. The number of hydrogen-bond donors (Lipinski definition) is 2. The van der Waals surface area contributed by atoms with Gasteiger partial charge in [-0.15, -0.1) is 10.2 Å². The number of nitrogens with zero attached hydrogens (tertiary/aromatic N) is 4. The van der Waals surface area contributed by atoms with Crippen LogP contribution in [0.5, 0.6) is 0 Å². The Bertz CT molecular complexity index is 826. The van der Waals surface area contributed by atoms with Crippen LogP contribution in [0.2, 0.25) is 0 Å². The second-order valence-electron chi connectivity index (χ2n) is 5.05. The molecule has 0 aliphatic carbocycles. The van der Waals surface area contributed by atoms with Gasteiger partial charge in [0.25, 0.3) is 12.3 Å². The van der Waals surface area contributed by atoms with Gasteiger partial charge in [0.2, 0.25) is 11.0 Å². The number of amides is 2. The molecule has 0 saturated carbocycles. The molecule has 3 N–H and O–H groups in total. The normalized spacial score (nSPS) is 16.8. The average molecular weight is 366 g/mol. The second kappa shape index (κ2) is 6.89. The van der Waals surface area contributed by atoms with E-state index in [4.69, 9.17) is 5.73 Å². The number of carbonyl (C=O) groups excluding carboxylic acids is 2. The molecule has 1 aromatic carbocycles. The molecule has 0 spiro atoms. The Morgan fingerprint density at radius 2 is 2.00 bits per heavy atom. The number of nitrogens with one attached hydrogen (secondary N) is 1. The summed E-state index contributed by atoms with van der Waals surface area (Å²) in [6, 6.07) is 7.95. The van der Waals surface area contributed by atoms with Crippen molar-refractivity contribution in [3.05, 3.63) is 35.3 Å². The molecule has 2 amide bonds. The quantitative estimate of drug-likeness (QED) is 0.833. The topological polar surface area (TPSA) is 114 Å². The van der Waals surface area contributed by atoms with E-state index in [-0.39, 0.29) is 17.3 Å². The summed E-state index contributed by atoms with van der Waals surface area (Å²) in [4.78, 5) is 23.9. The van der Waals surface area contributed by atoms with E-state index < -0.39 is 29.3 Å². The third-order valence-corrected chi connectivity index (χ3v) is 4.22. The summed E-state index contributed by atoms with van der Waals surface area (Å²) in [5.41, 5.74) is 6.03. The molecule has 1 aromatic heterocycles. The van der Waals surface area contributed by atoms with Crippen LogP contribution in [0.25, 0.3) is 0 Å². The van der Waals surface area contributed by atoms with Gasteiger partial charge in [-0.3, -0.25) is 19.9 Å². The van der Waals surface area contributed by atoms with Gasteiger partial charge in [-0.25, -0.2) is 8.78 Å². The molecule has 0 fully saturated rings. The standard InChI is InChI=1S/C14H12F2N6O2S/c15-10(16)13-19-20-14(25-13)18-12(24)8-6-9(11(17)23)22(21-8)7-4-2-1-3-5-7/h1-5,9-10H,6H2,(H2,17,23)(H,18,20,24). The van der Waals surface area contributed by atoms with E-state index in [0.717, 1.165) is 0 Å². The highest BCUT2D eigenvalue weighted by molar-refractivity contribution is 7.15. The van der Waals surface area contributed by atoms with Crippen molar-refractivity contribution in [1.82, 2.24) is 10.2 Å². The van der Waals surface area contributed by atoms with Crippen molar-refractivity contribution >= 4 is 39.7 Å². The number of primary amides is 1. The Kier molecular flexibility index (Phi) is 4.65. The Morgan fingerprint density at radius 1 is 1.28 bits per heavy atom. The molecule has 1 aliphatic rings. The molecule has 8 nitrogen and oxygen atoms in total. The molecular formula is C14H12F2N6O2S. The van der Waals surface area contributed by atoms with E-state index >= 15 is 0 Å². The van der Waals surface area contributed by atoms with E-state index in [0.29, 0.717) is 17.0 Å². The first-order valence-corrected chi connectivity index (χ1v) is 7.91. The van der Waals surface area contributed by atoms with Crippen LogP contribution < -0.4 is 16.1 Å². The predicted octanol–water partition coefficient (Wildman–Crippen LogP) is 1.53. The van der Waals surface area contributed by atoms with Crippen molar-refractivity contribution in [1.29, 1.82) is 0 Å². The Morgan fingerprint density at radius 3 is 2.60 bits per heavy atom. The Hall–Kier alpha value is -2.95. The summed E-state index contributed by atoms with van der Waals surface area (Å²) in [5.74, 6) is -1.28. The smallest absolute Gasteiger partial charge is 0.291 e. The first-order chi connectivity index (χ1) is 12.0. The van der Waals surface area contributed by atoms with E-state index in [2.05, 4.69) is 20.6 Å². The zero-order valence-corrected chi connectivity index (χ0v) is 13.4. The molecule has 1 unspecified atom stereocenters. The summed E-state index contributed by atoms with van der Waals surface area (Å²) in [5, 5.41) is 14.0. The van der Waals surface area contributed by atoms with Crippen molar-refractivity contribution in [2.45, 2.75) is 18.9 Å². The average Bonchev–Trinajstić information content (AvgIpc) is 3.22. The van der Waals surface area contributed by atoms with Gasteiger partial charge in [0.15, 0.2) is 5.01 Å². The molecule has 1 atom stereocenters. The fraction of sp³-hybridized carbons (Fsp3) is 0.214. The first kappa shape index (κ1) is 16.9. The van der Waals surface area contributed by atoms with E-state index in [1.807, 2.05) is 0 Å². The molecule has 2 aromatic rings. The molecule has 1 aliphatic heterocycles. The molecule has 0 saturated heterocycles. The van der Waals surface area contributed by atoms with Crippen molar-refractivity contribution < 1.29 is 18.4 Å². The van der Waals surface area contributed by atoms with E-state index in [9.17, 15) is 18.4 Å². The van der Waals surface area contributed by atoms with Crippen LogP contribution in [0.4, 0.5) is 19.6 Å². The van der Waals surface area contributed by atoms with Gasteiger partial charge in [-0.05, 0) is 12.1 Å². The predicted molar refractivity (Wildman–Crippen MR) is 87.5 cm³/mol. The van der Waals surface area contributed by atoms with Gasteiger partial charge in [0, 0.05) is 6.42 Å². The van der Waals surface area contributed by atoms with Gasteiger partial charge in [0.05, 0.1) is 5.69 Å². The minimum atomic E-state index is -2.76. The summed E-state index contributed by atoms with van der Waals surface area (Å²) in [7, 11) is 0. The monoisotopic (exact) mass is 366 g/mol. The molecule has 0 bridgehead atoms. The summed E-state index contributed by atoms with van der Waals surface area (Å²) in [6.45, 7) is 0. The first-order valence-electron chi connectivity index (χ1n) is 7.09. The zero-order chi connectivity index (χ0) is 18.0. The van der Waals surface area contributed by atoms with Gasteiger partial charge in [-0.2, -0.15) is 5.10 Å². The Balaban J connectivity index is 1.78. The summed E-state index contributed by atoms with van der Waals surface area (Å²) < 4.78 is 25.0. The SMILES string of the molecule is NC(=O)C1CC(C(=O)Nc2nnc(C(F)F)s2)=NN1c1ccccc1. The number of aromatic nitrogens is 2. The number of alkyl halides is 2. The number of carbonyl (C=O) groups is 2. The minimum Gasteiger partial charge on any atom is -0.368 e. The van der Waals surface area contributed by atoms with E-state index in [1.165, 1.54) is 5.01 Å². The van der Waals surface area contributed by atoms with Crippen LogP contribution in [-0.4, -0.2) is 33.8 Å². The van der Waals surface area contributed by atoms with Crippen molar-refractivity contribution in [2.24, 2.45) is 10.8 Å². The number of hydrazone groups is 1. The minimum absolute atomic E-state index is 0.00340. The van der Waals surface area contributed by atoms with Crippen LogP contribution in [-0.2, 0) is 9.59 Å². The van der Waals surface area contributed by atoms with Gasteiger partial charge in [-0.1, -0.05) is 29.5 Å². The summed E-state index contributed by atoms with van der Waals surface area (Å²) >= 11 is 0.568. The maximum atomic E-state index is 12.5. The molecule has 130 valence electrons. The van der Waals surface area contributed by atoms with Crippen LogP contribution in [0.1, 0.15) is 17.9 Å². The number of para-hydroxylation sites is 1. The third-order valence-electron chi connectivity index (χ3n) is 3.37. The van der Waals surface area contributed by atoms with Gasteiger partial charge >= 0.3 is 0 Å².